The molecule has 0 aliphatic heterocycles. The number of carbonyl (C=O) groups is 2. The number of carbonyl (C=O) groups excluding carboxylic acids is 2. The van der Waals surface area contributed by atoms with Gasteiger partial charge in [-0.2, -0.15) is 0 Å². The van der Waals surface area contributed by atoms with E-state index in [2.05, 4.69) is 16.0 Å². The van der Waals surface area contributed by atoms with E-state index >= 15 is 0 Å². The average Bonchev–Trinajstić information content (AvgIpc) is 2.80. The highest BCUT2D eigenvalue weighted by Crippen LogP contribution is 2.30. The maximum atomic E-state index is 12.8. The van der Waals surface area contributed by atoms with Crippen LogP contribution in [0.25, 0.3) is 0 Å². The number of halogens is 2. The van der Waals surface area contributed by atoms with Gasteiger partial charge < -0.3 is 16.0 Å². The lowest BCUT2D eigenvalue weighted by atomic mass is 10.1. The number of nitrogens with one attached hydrogen (secondary N) is 3. The molecule has 3 N–H and O–H groups in total. The van der Waals surface area contributed by atoms with E-state index < -0.39 is 0 Å². The minimum Gasteiger partial charge on any atom is -0.332 e. The lowest BCUT2D eigenvalue weighted by Gasteiger charge is -2.16. The van der Waals surface area contributed by atoms with Gasteiger partial charge in [-0.05, 0) is 86.2 Å². The third-order valence-electron chi connectivity index (χ3n) is 4.77. The number of amides is 1. The molecule has 0 radical (unpaired) electrons. The van der Waals surface area contributed by atoms with Crippen LogP contribution in [0.15, 0.2) is 71.6 Å². The smallest absolute Gasteiger partial charge is 0.237 e. The molecule has 0 saturated carbocycles. The van der Waals surface area contributed by atoms with Gasteiger partial charge in [-0.15, -0.1) is 11.8 Å². The number of thiocarbonyl (C=S) groups is 1. The lowest BCUT2D eigenvalue weighted by Crippen LogP contribution is -2.24. The first-order valence-electron chi connectivity index (χ1n) is 10.5. The van der Waals surface area contributed by atoms with Crippen LogP contribution in [0.3, 0.4) is 0 Å². The van der Waals surface area contributed by atoms with E-state index in [1.165, 1.54) is 18.7 Å². The van der Waals surface area contributed by atoms with Gasteiger partial charge in [-0.25, -0.2) is 0 Å². The van der Waals surface area contributed by atoms with Crippen molar-refractivity contribution >= 4 is 81.0 Å². The normalized spacial score (nSPS) is 11.4. The van der Waals surface area contributed by atoms with Crippen LogP contribution in [-0.2, 0) is 4.79 Å². The zero-order chi connectivity index (χ0) is 24.7. The van der Waals surface area contributed by atoms with E-state index in [1.54, 1.807) is 42.5 Å². The molecule has 0 aliphatic rings. The monoisotopic (exact) mass is 531 g/mol. The maximum absolute atomic E-state index is 12.8. The molecule has 3 aromatic rings. The quantitative estimate of drug-likeness (QED) is 0.158. The number of hydrogen-bond donors (Lipinski definition) is 3. The molecular formula is C25H23Cl2N3O2S2. The van der Waals surface area contributed by atoms with Crippen molar-refractivity contribution < 1.29 is 9.59 Å². The molecule has 1 amide bonds. The van der Waals surface area contributed by atoms with Crippen LogP contribution < -0.4 is 16.0 Å². The van der Waals surface area contributed by atoms with Crippen molar-refractivity contribution in [1.82, 2.24) is 0 Å². The molecule has 0 saturated heterocycles. The maximum Gasteiger partial charge on any atom is 0.237 e. The highest BCUT2D eigenvalue weighted by atomic mass is 35.5. The van der Waals surface area contributed by atoms with Crippen LogP contribution in [-0.4, -0.2) is 22.1 Å². The summed E-state index contributed by atoms with van der Waals surface area (Å²) >= 11 is 19.1. The van der Waals surface area contributed by atoms with E-state index in [1.807, 2.05) is 31.2 Å². The van der Waals surface area contributed by atoms with Gasteiger partial charge in [-0.1, -0.05) is 36.2 Å². The van der Waals surface area contributed by atoms with E-state index in [0.717, 1.165) is 16.3 Å². The average molecular weight is 533 g/mol. The molecular weight excluding hydrogens is 509 g/mol. The fraction of sp³-hybridized carbons (Fsp3) is 0.160. The van der Waals surface area contributed by atoms with Crippen LogP contribution in [0.2, 0.25) is 10.0 Å². The number of benzene rings is 3. The summed E-state index contributed by atoms with van der Waals surface area (Å²) in [5, 5.41) is 10.1. The summed E-state index contributed by atoms with van der Waals surface area (Å²) in [4.78, 5) is 25.2. The van der Waals surface area contributed by atoms with Gasteiger partial charge >= 0.3 is 0 Å². The van der Waals surface area contributed by atoms with Crippen LogP contribution in [0.5, 0.6) is 0 Å². The Hall–Kier alpha value is -2.58. The third kappa shape index (κ3) is 7.46. The largest absolute Gasteiger partial charge is 0.332 e. The Morgan fingerprint density at radius 2 is 1.65 bits per heavy atom. The molecule has 0 aliphatic carbocycles. The Morgan fingerprint density at radius 3 is 2.32 bits per heavy atom. The van der Waals surface area contributed by atoms with Crippen molar-refractivity contribution in [2.75, 3.05) is 16.0 Å². The summed E-state index contributed by atoms with van der Waals surface area (Å²) in [5.74, 6) is -0.141. The predicted octanol–water partition coefficient (Wildman–Crippen LogP) is 7.51. The Bertz CT molecular complexity index is 1200. The van der Waals surface area contributed by atoms with Gasteiger partial charge in [0, 0.05) is 26.9 Å². The SMILES string of the molecule is CCC(Sc1cccc(NC(=S)Nc2ccc(C(C)=O)cc2)c1)C(=O)Nc1cc(Cl)ccc1Cl. The topological polar surface area (TPSA) is 70.2 Å². The standard InChI is InChI=1S/C25H23Cl2N3O2S2/c1-3-23(24(32)30-22-13-17(26)9-12-21(22)27)34-20-6-4-5-19(14-20)29-25(33)28-18-10-7-16(8-11-18)15(2)31/h4-14,23H,3H2,1-2H3,(H,30,32)(H2,28,29,33). The van der Waals surface area contributed by atoms with Gasteiger partial charge in [0.25, 0.3) is 0 Å². The fourth-order valence-corrected chi connectivity index (χ4v) is 4.61. The Kier molecular flexibility index (Phi) is 9.36. The Labute approximate surface area is 218 Å². The van der Waals surface area contributed by atoms with E-state index in [0.29, 0.717) is 32.8 Å². The molecule has 1 unspecified atom stereocenters. The number of thioether (sulfide) groups is 1. The molecule has 5 nitrogen and oxygen atoms in total. The predicted molar refractivity (Wildman–Crippen MR) is 148 cm³/mol. The molecule has 3 rings (SSSR count). The van der Waals surface area contributed by atoms with Gasteiger partial charge in [0.05, 0.1) is 16.0 Å². The first-order chi connectivity index (χ1) is 16.2. The Morgan fingerprint density at radius 1 is 0.941 bits per heavy atom. The zero-order valence-electron chi connectivity index (χ0n) is 18.5. The zero-order valence-corrected chi connectivity index (χ0v) is 21.7. The molecule has 3 aromatic carbocycles. The number of anilines is 3. The van der Waals surface area contributed by atoms with Crippen LogP contribution in [0.4, 0.5) is 17.1 Å². The molecule has 34 heavy (non-hydrogen) atoms. The summed E-state index contributed by atoms with van der Waals surface area (Å²) in [6, 6.07) is 19.7. The van der Waals surface area contributed by atoms with E-state index in [-0.39, 0.29) is 16.9 Å². The fourth-order valence-electron chi connectivity index (χ4n) is 3.02. The summed E-state index contributed by atoms with van der Waals surface area (Å²) in [7, 11) is 0. The summed E-state index contributed by atoms with van der Waals surface area (Å²) in [6.45, 7) is 3.48. The second-order valence-corrected chi connectivity index (χ2v) is 9.90. The second-order valence-electron chi connectivity index (χ2n) is 7.37. The molecule has 9 heteroatoms. The second kappa shape index (κ2) is 12.2. The molecule has 0 bridgehead atoms. The third-order valence-corrected chi connectivity index (χ3v) is 6.90. The van der Waals surface area contributed by atoms with Crippen molar-refractivity contribution in [2.24, 2.45) is 0 Å². The van der Waals surface area contributed by atoms with Crippen LogP contribution in [0.1, 0.15) is 30.6 Å². The molecule has 0 heterocycles. The van der Waals surface area contributed by atoms with Crippen molar-refractivity contribution in [1.29, 1.82) is 0 Å². The highest BCUT2D eigenvalue weighted by molar-refractivity contribution is 8.00. The van der Waals surface area contributed by atoms with E-state index in [9.17, 15) is 9.59 Å². The molecule has 176 valence electrons. The first-order valence-corrected chi connectivity index (χ1v) is 12.5. The minimum absolute atomic E-state index is 0.0105. The van der Waals surface area contributed by atoms with Crippen molar-refractivity contribution in [3.8, 4) is 0 Å². The van der Waals surface area contributed by atoms with Crippen LogP contribution in [0, 0.1) is 0 Å². The first kappa shape index (κ1) is 26.0. The van der Waals surface area contributed by atoms with Gasteiger partial charge in [-0.3, -0.25) is 9.59 Å². The minimum atomic E-state index is -0.324. The van der Waals surface area contributed by atoms with Gasteiger partial charge in [0.1, 0.15) is 0 Å². The summed E-state index contributed by atoms with van der Waals surface area (Å²) in [6.07, 6.45) is 0.628. The van der Waals surface area contributed by atoms with Gasteiger partial charge in [0.2, 0.25) is 5.91 Å². The number of ketones is 1. The molecule has 0 fully saturated rings. The van der Waals surface area contributed by atoms with E-state index in [4.69, 9.17) is 35.4 Å². The Balaban J connectivity index is 1.62. The summed E-state index contributed by atoms with van der Waals surface area (Å²) in [5.41, 5.74) is 2.69. The molecule has 1 atom stereocenters. The van der Waals surface area contributed by atoms with Crippen molar-refractivity contribution in [3.05, 3.63) is 82.3 Å². The highest BCUT2D eigenvalue weighted by Gasteiger charge is 2.19. The van der Waals surface area contributed by atoms with Gasteiger partial charge in [0.15, 0.2) is 10.9 Å². The molecule has 0 spiro atoms. The van der Waals surface area contributed by atoms with Crippen molar-refractivity contribution in [3.63, 3.8) is 0 Å². The number of Topliss-reactive ketones (excluding diaryl/α,β-unsaturated/α-hetero) is 1. The van der Waals surface area contributed by atoms with Crippen molar-refractivity contribution in [2.45, 2.75) is 30.4 Å². The van der Waals surface area contributed by atoms with Crippen LogP contribution >= 0.6 is 47.2 Å². The number of hydrogen-bond acceptors (Lipinski definition) is 4. The summed E-state index contributed by atoms with van der Waals surface area (Å²) < 4.78 is 0. The lowest BCUT2D eigenvalue weighted by molar-refractivity contribution is -0.115. The molecule has 0 aromatic heterocycles. The number of rotatable bonds is 8.